The smallest absolute Gasteiger partial charge is 0.209 e. The number of aromatic nitrogens is 2. The van der Waals surface area contributed by atoms with Crippen molar-refractivity contribution in [3.8, 4) is 0 Å². The van der Waals surface area contributed by atoms with Crippen molar-refractivity contribution in [1.29, 1.82) is 0 Å². The van der Waals surface area contributed by atoms with E-state index in [0.29, 0.717) is 16.8 Å². The first-order chi connectivity index (χ1) is 7.78. The summed E-state index contributed by atoms with van der Waals surface area (Å²) in [7, 11) is -3.41. The topological polar surface area (TPSA) is 85.9 Å². The molecule has 0 aliphatic heterocycles. The van der Waals surface area contributed by atoms with Gasteiger partial charge in [-0.2, -0.15) is 0 Å². The molecule has 0 spiro atoms. The van der Waals surface area contributed by atoms with Gasteiger partial charge in [-0.25, -0.2) is 23.5 Å². The minimum atomic E-state index is -3.41. The Kier molecular flexibility index (Phi) is 4.91. The average Bonchev–Trinajstić information content (AvgIpc) is 2.14. The predicted molar refractivity (Wildman–Crippen MR) is 69.6 cm³/mol. The van der Waals surface area contributed by atoms with Crippen LogP contribution in [0.25, 0.3) is 0 Å². The summed E-state index contributed by atoms with van der Waals surface area (Å²) in [6, 6.07) is 1.94. The second-order valence-electron chi connectivity index (χ2n) is 4.09. The summed E-state index contributed by atoms with van der Waals surface area (Å²) in [5, 5.41) is 5.53. The summed E-state index contributed by atoms with van der Waals surface area (Å²) < 4.78 is 21.6. The van der Waals surface area contributed by atoms with Crippen LogP contribution < -0.4 is 5.14 Å². The molecule has 0 fully saturated rings. The zero-order valence-corrected chi connectivity index (χ0v) is 11.8. The summed E-state index contributed by atoms with van der Waals surface area (Å²) >= 11 is 1.31. The molecule has 0 aliphatic rings. The van der Waals surface area contributed by atoms with Gasteiger partial charge in [0.1, 0.15) is 0 Å². The van der Waals surface area contributed by atoms with Gasteiger partial charge >= 0.3 is 0 Å². The van der Waals surface area contributed by atoms with Crippen molar-refractivity contribution in [3.05, 3.63) is 17.5 Å². The third kappa shape index (κ3) is 5.47. The van der Waals surface area contributed by atoms with Crippen LogP contribution in [0.4, 0.5) is 0 Å². The Morgan fingerprint density at radius 3 is 2.59 bits per heavy atom. The number of rotatable bonds is 5. The number of primary sulfonamides is 1. The molecule has 1 heterocycles. The van der Waals surface area contributed by atoms with E-state index in [1.807, 2.05) is 13.0 Å². The van der Waals surface area contributed by atoms with Gasteiger partial charge in [0.05, 0.1) is 5.75 Å². The second kappa shape index (κ2) is 5.79. The fourth-order valence-electron chi connectivity index (χ4n) is 1.17. The molecular weight excluding hydrogens is 258 g/mol. The lowest BCUT2D eigenvalue weighted by atomic mass is 10.1. The van der Waals surface area contributed by atoms with E-state index in [0.717, 1.165) is 11.4 Å². The highest BCUT2D eigenvalue weighted by Crippen LogP contribution is 2.18. The maximum Gasteiger partial charge on any atom is 0.209 e. The summed E-state index contributed by atoms with van der Waals surface area (Å²) in [6.45, 7) is 6.01. The lowest BCUT2D eigenvalue weighted by molar-refractivity contribution is 0.599. The van der Waals surface area contributed by atoms with Crippen molar-refractivity contribution in [1.82, 2.24) is 9.97 Å². The molecule has 2 N–H and O–H groups in total. The molecule has 1 aromatic heterocycles. The molecule has 17 heavy (non-hydrogen) atoms. The Bertz CT molecular complexity index is 486. The normalized spacial score (nSPS) is 12.1. The third-order valence-electron chi connectivity index (χ3n) is 2.04. The number of hydrogen-bond donors (Lipinski definition) is 1. The number of aryl methyl sites for hydroxylation is 1. The summed E-state index contributed by atoms with van der Waals surface area (Å²) in [5.74, 6) is 0.639. The average molecular weight is 275 g/mol. The Labute approximate surface area is 106 Å². The minimum absolute atomic E-state index is 0.0635. The van der Waals surface area contributed by atoms with Crippen molar-refractivity contribution in [3.63, 3.8) is 0 Å². The monoisotopic (exact) mass is 275 g/mol. The van der Waals surface area contributed by atoms with Gasteiger partial charge in [0.15, 0.2) is 5.16 Å². The van der Waals surface area contributed by atoms with Crippen LogP contribution in [-0.2, 0) is 10.0 Å². The van der Waals surface area contributed by atoms with Crippen LogP contribution in [-0.4, -0.2) is 29.9 Å². The van der Waals surface area contributed by atoms with Crippen LogP contribution in [0.15, 0.2) is 11.2 Å². The van der Waals surface area contributed by atoms with Crippen molar-refractivity contribution in [2.45, 2.75) is 31.8 Å². The molecule has 0 unspecified atom stereocenters. The molecule has 0 atom stereocenters. The molecule has 0 bridgehead atoms. The molecule has 0 amide bonds. The third-order valence-corrected chi connectivity index (χ3v) is 3.92. The van der Waals surface area contributed by atoms with E-state index in [2.05, 4.69) is 23.8 Å². The number of thioether (sulfide) groups is 1. The largest absolute Gasteiger partial charge is 0.229 e. The van der Waals surface area contributed by atoms with Crippen LogP contribution in [0.2, 0.25) is 0 Å². The molecule has 5 nitrogen and oxygen atoms in total. The summed E-state index contributed by atoms with van der Waals surface area (Å²) in [5.41, 5.74) is 1.86. The molecule has 0 aromatic carbocycles. The van der Waals surface area contributed by atoms with Gasteiger partial charge in [-0.05, 0) is 18.9 Å². The molecule has 96 valence electrons. The van der Waals surface area contributed by atoms with Gasteiger partial charge in [0.25, 0.3) is 0 Å². The van der Waals surface area contributed by atoms with Gasteiger partial charge in [-0.15, -0.1) is 0 Å². The minimum Gasteiger partial charge on any atom is -0.229 e. The summed E-state index contributed by atoms with van der Waals surface area (Å²) in [6.07, 6.45) is 0. The van der Waals surface area contributed by atoms with Gasteiger partial charge in [-0.3, -0.25) is 0 Å². The maximum absolute atomic E-state index is 10.8. The highest BCUT2D eigenvalue weighted by atomic mass is 32.2. The van der Waals surface area contributed by atoms with Crippen LogP contribution >= 0.6 is 11.8 Å². The van der Waals surface area contributed by atoms with E-state index in [-0.39, 0.29) is 5.75 Å². The molecule has 1 rings (SSSR count). The van der Waals surface area contributed by atoms with Crippen LogP contribution in [0, 0.1) is 6.92 Å². The Morgan fingerprint density at radius 1 is 1.41 bits per heavy atom. The van der Waals surface area contributed by atoms with Crippen LogP contribution in [0.1, 0.15) is 31.2 Å². The van der Waals surface area contributed by atoms with Crippen LogP contribution in [0.3, 0.4) is 0 Å². The molecule has 0 saturated carbocycles. The fourth-order valence-corrected chi connectivity index (χ4v) is 3.00. The predicted octanol–water partition coefficient (Wildman–Crippen LogP) is 1.29. The Morgan fingerprint density at radius 2 is 2.06 bits per heavy atom. The molecular formula is C10H17N3O2S2. The molecule has 0 saturated heterocycles. The zero-order chi connectivity index (χ0) is 13.1. The van der Waals surface area contributed by atoms with E-state index in [9.17, 15) is 8.42 Å². The fraction of sp³-hybridized carbons (Fsp3) is 0.600. The lowest BCUT2D eigenvalue weighted by Crippen LogP contribution is -2.18. The Balaban J connectivity index is 2.71. The van der Waals surface area contributed by atoms with Gasteiger partial charge in [-0.1, -0.05) is 25.6 Å². The first-order valence-corrected chi connectivity index (χ1v) is 7.97. The van der Waals surface area contributed by atoms with Crippen molar-refractivity contribution >= 4 is 21.8 Å². The Hall–Kier alpha value is -0.660. The number of nitrogens with two attached hydrogens (primary N) is 1. The SMILES string of the molecule is Cc1cc(C(C)C)nc(SCCS(N)(=O)=O)n1. The number of nitrogens with zero attached hydrogens (tertiary/aromatic N) is 2. The quantitative estimate of drug-likeness (QED) is 0.646. The van der Waals surface area contributed by atoms with E-state index in [1.54, 1.807) is 0 Å². The molecule has 0 radical (unpaired) electrons. The molecule has 0 aliphatic carbocycles. The molecule has 1 aromatic rings. The zero-order valence-electron chi connectivity index (χ0n) is 10.2. The standard InChI is InChI=1S/C10H17N3O2S2/c1-7(2)9-6-8(3)12-10(13-9)16-4-5-17(11,14)15/h6-7H,4-5H2,1-3H3,(H2,11,14,15). The van der Waals surface area contributed by atoms with Crippen molar-refractivity contribution in [2.75, 3.05) is 11.5 Å². The van der Waals surface area contributed by atoms with Gasteiger partial charge in [0, 0.05) is 17.1 Å². The van der Waals surface area contributed by atoms with Crippen LogP contribution in [0.5, 0.6) is 0 Å². The molecule has 7 heteroatoms. The maximum atomic E-state index is 10.8. The van der Waals surface area contributed by atoms with Crippen molar-refractivity contribution in [2.24, 2.45) is 5.14 Å². The van der Waals surface area contributed by atoms with E-state index in [4.69, 9.17) is 5.14 Å². The van der Waals surface area contributed by atoms with Gasteiger partial charge in [0.2, 0.25) is 10.0 Å². The summed E-state index contributed by atoms with van der Waals surface area (Å²) in [4.78, 5) is 8.62. The lowest BCUT2D eigenvalue weighted by Gasteiger charge is -2.07. The number of hydrogen-bond acceptors (Lipinski definition) is 5. The highest BCUT2D eigenvalue weighted by molar-refractivity contribution is 8.00. The first-order valence-electron chi connectivity index (χ1n) is 5.27. The van der Waals surface area contributed by atoms with E-state index < -0.39 is 10.0 Å². The van der Waals surface area contributed by atoms with Gasteiger partial charge < -0.3 is 0 Å². The second-order valence-corrected chi connectivity index (χ2v) is 6.88. The highest BCUT2D eigenvalue weighted by Gasteiger charge is 2.08. The van der Waals surface area contributed by atoms with E-state index in [1.165, 1.54) is 11.8 Å². The first kappa shape index (κ1) is 14.4. The van der Waals surface area contributed by atoms with E-state index >= 15 is 0 Å². The van der Waals surface area contributed by atoms with Crippen molar-refractivity contribution < 1.29 is 8.42 Å². The number of sulfonamides is 1.